The first-order valence-electron chi connectivity index (χ1n) is 7.61. The van der Waals surface area contributed by atoms with Gasteiger partial charge in [0.1, 0.15) is 12.4 Å². The number of imidazole rings is 1. The zero-order valence-electron chi connectivity index (χ0n) is 12.6. The van der Waals surface area contributed by atoms with Gasteiger partial charge in [0.2, 0.25) is 0 Å². The zero-order valence-corrected chi connectivity index (χ0v) is 12.6. The molecule has 2 heterocycles. The van der Waals surface area contributed by atoms with Crippen molar-refractivity contribution < 1.29 is 4.74 Å². The molecular weight excluding hydrogens is 274 g/mol. The second kappa shape index (κ2) is 5.46. The molecule has 1 aliphatic rings. The van der Waals surface area contributed by atoms with Crippen molar-refractivity contribution in [3.8, 4) is 5.75 Å². The normalized spacial score (nSPS) is 20.2. The highest BCUT2D eigenvalue weighted by molar-refractivity contribution is 5.76. The maximum atomic E-state index is 5.92. The number of hydrogen-bond donors (Lipinski definition) is 0. The molecule has 2 unspecified atom stereocenters. The lowest BCUT2D eigenvalue weighted by atomic mass is 10.2. The van der Waals surface area contributed by atoms with E-state index in [2.05, 4.69) is 46.3 Å². The highest BCUT2D eigenvalue weighted by atomic mass is 16.5. The Kier molecular flexibility index (Phi) is 3.31. The first-order valence-corrected chi connectivity index (χ1v) is 7.61. The molecule has 4 nitrogen and oxygen atoms in total. The van der Waals surface area contributed by atoms with Gasteiger partial charge >= 0.3 is 0 Å². The summed E-state index contributed by atoms with van der Waals surface area (Å²) in [6.07, 6.45) is 1.83. The Labute approximate surface area is 130 Å². The lowest BCUT2D eigenvalue weighted by Crippen LogP contribution is -2.10. The van der Waals surface area contributed by atoms with Crippen LogP contribution < -0.4 is 4.74 Å². The summed E-state index contributed by atoms with van der Waals surface area (Å²) in [5.74, 6) is 0.901. The van der Waals surface area contributed by atoms with Gasteiger partial charge in [-0.15, -0.1) is 0 Å². The Morgan fingerprint density at radius 1 is 1.18 bits per heavy atom. The fourth-order valence-electron chi connectivity index (χ4n) is 2.79. The van der Waals surface area contributed by atoms with Crippen LogP contribution in [0.15, 0.2) is 54.9 Å². The first kappa shape index (κ1) is 13.3. The molecule has 1 fully saturated rings. The second-order valence-corrected chi connectivity index (χ2v) is 5.89. The topological polar surface area (TPSA) is 30.1 Å². The molecule has 1 saturated heterocycles. The van der Waals surface area contributed by atoms with Gasteiger partial charge in [0.05, 0.1) is 23.4 Å². The molecule has 0 radical (unpaired) electrons. The minimum atomic E-state index is 0.527. The predicted molar refractivity (Wildman–Crippen MR) is 86.8 cm³/mol. The van der Waals surface area contributed by atoms with E-state index in [1.807, 2.05) is 30.1 Å². The molecule has 1 aromatic heterocycles. The molecule has 0 aliphatic carbocycles. The molecule has 1 aliphatic heterocycles. The van der Waals surface area contributed by atoms with Crippen molar-refractivity contribution >= 4 is 11.0 Å². The van der Waals surface area contributed by atoms with Crippen molar-refractivity contribution in [3.05, 3.63) is 60.4 Å². The first-order chi connectivity index (χ1) is 10.8. The van der Waals surface area contributed by atoms with Crippen LogP contribution in [-0.4, -0.2) is 33.6 Å². The van der Waals surface area contributed by atoms with Gasteiger partial charge in [0.25, 0.3) is 0 Å². The van der Waals surface area contributed by atoms with Gasteiger partial charge in [-0.2, -0.15) is 0 Å². The molecule has 0 saturated carbocycles. The summed E-state index contributed by atoms with van der Waals surface area (Å²) >= 11 is 0. The molecule has 22 heavy (non-hydrogen) atoms. The smallest absolute Gasteiger partial charge is 0.121 e. The van der Waals surface area contributed by atoms with Gasteiger partial charge in [0, 0.05) is 26.2 Å². The largest absolute Gasteiger partial charge is 0.492 e. The van der Waals surface area contributed by atoms with E-state index in [0.717, 1.165) is 36.5 Å². The Morgan fingerprint density at radius 2 is 2.05 bits per heavy atom. The van der Waals surface area contributed by atoms with Gasteiger partial charge in [0.15, 0.2) is 0 Å². The summed E-state index contributed by atoms with van der Waals surface area (Å²) in [4.78, 5) is 6.79. The minimum Gasteiger partial charge on any atom is -0.492 e. The number of hydrogen-bond acceptors (Lipinski definition) is 3. The van der Waals surface area contributed by atoms with Crippen LogP contribution >= 0.6 is 0 Å². The van der Waals surface area contributed by atoms with Gasteiger partial charge < -0.3 is 9.30 Å². The van der Waals surface area contributed by atoms with E-state index in [9.17, 15) is 0 Å². The summed E-state index contributed by atoms with van der Waals surface area (Å²) in [5, 5.41) is 0. The summed E-state index contributed by atoms with van der Waals surface area (Å²) < 4.78 is 7.94. The molecule has 3 aromatic rings. The monoisotopic (exact) mass is 293 g/mol. The molecule has 2 atom stereocenters. The van der Waals surface area contributed by atoms with Crippen molar-refractivity contribution in [1.82, 2.24) is 14.5 Å². The summed E-state index contributed by atoms with van der Waals surface area (Å²) in [5.41, 5.74) is 3.47. The average Bonchev–Trinajstić information content (AvgIpc) is 3.19. The van der Waals surface area contributed by atoms with Crippen molar-refractivity contribution in [2.45, 2.75) is 12.6 Å². The Bertz CT molecular complexity index is 781. The van der Waals surface area contributed by atoms with Gasteiger partial charge in [-0.3, -0.25) is 4.90 Å². The molecule has 0 amide bonds. The SMILES string of the molecule is Cn1cnc2cc(OCC3CN3Cc3ccccc3)ccc21. The van der Waals surface area contributed by atoms with E-state index in [1.165, 1.54) is 5.56 Å². The van der Waals surface area contributed by atoms with Gasteiger partial charge in [-0.25, -0.2) is 4.98 Å². The van der Waals surface area contributed by atoms with Crippen molar-refractivity contribution in [2.24, 2.45) is 7.05 Å². The van der Waals surface area contributed by atoms with Crippen LogP contribution in [0.1, 0.15) is 5.56 Å². The van der Waals surface area contributed by atoms with Crippen LogP contribution in [0, 0.1) is 0 Å². The van der Waals surface area contributed by atoms with Crippen LogP contribution in [0.2, 0.25) is 0 Å². The van der Waals surface area contributed by atoms with E-state index in [1.54, 1.807) is 0 Å². The molecular formula is C18H19N3O. The van der Waals surface area contributed by atoms with E-state index in [-0.39, 0.29) is 0 Å². The maximum absolute atomic E-state index is 5.92. The van der Waals surface area contributed by atoms with Crippen LogP contribution in [0.5, 0.6) is 5.75 Å². The summed E-state index contributed by atoms with van der Waals surface area (Å²) in [7, 11) is 2.00. The van der Waals surface area contributed by atoms with E-state index >= 15 is 0 Å². The average molecular weight is 293 g/mol. The summed E-state index contributed by atoms with van der Waals surface area (Å²) in [6.45, 7) is 2.86. The minimum absolute atomic E-state index is 0.527. The number of benzene rings is 2. The van der Waals surface area contributed by atoms with Gasteiger partial charge in [-0.05, 0) is 17.7 Å². The highest BCUT2D eigenvalue weighted by Crippen LogP contribution is 2.24. The number of rotatable bonds is 5. The van der Waals surface area contributed by atoms with E-state index in [0.29, 0.717) is 6.04 Å². The molecule has 0 spiro atoms. The number of aromatic nitrogens is 2. The predicted octanol–water partition coefficient (Wildman–Crippen LogP) is 2.84. The molecule has 4 rings (SSSR count). The van der Waals surface area contributed by atoms with Gasteiger partial charge in [-0.1, -0.05) is 30.3 Å². The zero-order chi connectivity index (χ0) is 14.9. The molecule has 2 aromatic carbocycles. The van der Waals surface area contributed by atoms with Crippen molar-refractivity contribution in [1.29, 1.82) is 0 Å². The highest BCUT2D eigenvalue weighted by Gasteiger charge is 2.34. The lowest BCUT2D eigenvalue weighted by Gasteiger charge is -2.07. The van der Waals surface area contributed by atoms with Crippen LogP contribution in [-0.2, 0) is 13.6 Å². The molecule has 0 N–H and O–H groups in total. The maximum Gasteiger partial charge on any atom is 0.121 e. The fourth-order valence-corrected chi connectivity index (χ4v) is 2.79. The molecule has 112 valence electrons. The Morgan fingerprint density at radius 3 is 2.91 bits per heavy atom. The number of nitrogens with zero attached hydrogens (tertiary/aromatic N) is 3. The second-order valence-electron chi connectivity index (χ2n) is 5.89. The fraction of sp³-hybridized carbons (Fsp3) is 0.278. The van der Waals surface area contributed by atoms with E-state index < -0.39 is 0 Å². The molecule has 4 heteroatoms. The van der Waals surface area contributed by atoms with Crippen molar-refractivity contribution in [2.75, 3.05) is 13.2 Å². The van der Waals surface area contributed by atoms with Crippen LogP contribution in [0.4, 0.5) is 0 Å². The van der Waals surface area contributed by atoms with Crippen LogP contribution in [0.3, 0.4) is 0 Å². The standard InChI is InChI=1S/C18H19N3O/c1-20-13-19-17-9-16(7-8-18(17)20)22-12-15-11-21(15)10-14-5-3-2-4-6-14/h2-9,13,15H,10-12H2,1H3. The van der Waals surface area contributed by atoms with E-state index in [4.69, 9.17) is 4.74 Å². The Hall–Kier alpha value is -2.33. The number of ether oxygens (including phenoxy) is 1. The quantitative estimate of drug-likeness (QED) is 0.678. The number of fused-ring (bicyclic) bond motifs is 1. The Balaban J connectivity index is 1.33. The third-order valence-corrected chi connectivity index (χ3v) is 4.20. The van der Waals surface area contributed by atoms with Crippen LogP contribution in [0.25, 0.3) is 11.0 Å². The summed E-state index contributed by atoms with van der Waals surface area (Å²) in [6, 6.07) is 17.2. The molecule has 0 bridgehead atoms. The lowest BCUT2D eigenvalue weighted by molar-refractivity contribution is 0.293. The van der Waals surface area contributed by atoms with Crippen molar-refractivity contribution in [3.63, 3.8) is 0 Å². The number of aryl methyl sites for hydroxylation is 1. The third kappa shape index (κ3) is 2.70. The third-order valence-electron chi connectivity index (χ3n) is 4.20.